The van der Waals surface area contributed by atoms with E-state index in [0.29, 0.717) is 11.6 Å². The third-order valence-electron chi connectivity index (χ3n) is 4.87. The van der Waals surface area contributed by atoms with Gasteiger partial charge in [-0.15, -0.1) is 10.2 Å². The van der Waals surface area contributed by atoms with Gasteiger partial charge in [0, 0.05) is 38.5 Å². The quantitative estimate of drug-likeness (QED) is 0.713. The van der Waals surface area contributed by atoms with Crippen LogP contribution in [0.2, 0.25) is 5.02 Å². The van der Waals surface area contributed by atoms with Crippen molar-refractivity contribution in [3.63, 3.8) is 0 Å². The molecule has 8 heteroatoms. The fraction of sp³-hybridized carbons (Fsp3) is 0.350. The maximum absolute atomic E-state index is 11.2. The van der Waals surface area contributed by atoms with Crippen LogP contribution in [0.25, 0.3) is 11.3 Å². The van der Waals surface area contributed by atoms with Crippen molar-refractivity contribution in [1.82, 2.24) is 25.0 Å². The molecule has 0 unspecified atom stereocenters. The highest BCUT2D eigenvalue weighted by molar-refractivity contribution is 6.33. The van der Waals surface area contributed by atoms with E-state index >= 15 is 0 Å². The summed E-state index contributed by atoms with van der Waals surface area (Å²) in [5.41, 5.74) is 0.903. The monoisotopic (exact) mass is 399 g/mol. The highest BCUT2D eigenvalue weighted by Gasteiger charge is 2.20. The first-order valence-corrected chi connectivity index (χ1v) is 9.69. The minimum Gasteiger partial charge on any atom is -0.460 e. The van der Waals surface area contributed by atoms with E-state index in [1.165, 1.54) is 6.92 Å². The molecule has 0 saturated heterocycles. The zero-order valence-electron chi connectivity index (χ0n) is 15.7. The van der Waals surface area contributed by atoms with Crippen LogP contribution in [-0.4, -0.2) is 38.7 Å². The Kier molecular flexibility index (Phi) is 5.45. The van der Waals surface area contributed by atoms with E-state index in [9.17, 15) is 4.79 Å². The van der Waals surface area contributed by atoms with Crippen molar-refractivity contribution in [3.8, 4) is 11.3 Å². The van der Waals surface area contributed by atoms with Crippen molar-refractivity contribution in [2.45, 2.75) is 33.0 Å². The van der Waals surface area contributed by atoms with E-state index in [2.05, 4.69) is 25.0 Å². The van der Waals surface area contributed by atoms with E-state index in [1.807, 2.05) is 36.4 Å². The van der Waals surface area contributed by atoms with Gasteiger partial charge in [0.2, 0.25) is 5.91 Å². The smallest absolute Gasteiger partial charge is 0.217 e. The van der Waals surface area contributed by atoms with Gasteiger partial charge in [-0.25, -0.2) is 0 Å². The Morgan fingerprint density at radius 2 is 2.04 bits per heavy atom. The summed E-state index contributed by atoms with van der Waals surface area (Å²) >= 11 is 6.27. The van der Waals surface area contributed by atoms with E-state index in [4.69, 9.17) is 16.0 Å². The fourth-order valence-electron chi connectivity index (χ4n) is 3.41. The number of nitrogens with one attached hydrogen (secondary N) is 1. The molecule has 146 valence electrons. The molecule has 1 aliphatic heterocycles. The Hall–Kier alpha value is -2.64. The van der Waals surface area contributed by atoms with Crippen LogP contribution in [0, 0.1) is 0 Å². The summed E-state index contributed by atoms with van der Waals surface area (Å²) in [4.78, 5) is 13.5. The van der Waals surface area contributed by atoms with Gasteiger partial charge in [0.05, 0.1) is 18.1 Å². The van der Waals surface area contributed by atoms with Crippen LogP contribution in [0.5, 0.6) is 0 Å². The predicted octanol–water partition coefficient (Wildman–Crippen LogP) is 2.89. The first-order chi connectivity index (χ1) is 13.6. The zero-order valence-corrected chi connectivity index (χ0v) is 16.4. The second-order valence-electron chi connectivity index (χ2n) is 6.87. The molecule has 0 bridgehead atoms. The normalized spacial score (nSPS) is 14.5. The Bertz CT molecular complexity index is 981. The number of carbonyl (C=O) groups excluding carboxylic acids is 1. The van der Waals surface area contributed by atoms with E-state index in [1.54, 1.807) is 0 Å². The highest BCUT2D eigenvalue weighted by atomic mass is 35.5. The van der Waals surface area contributed by atoms with E-state index in [-0.39, 0.29) is 5.91 Å². The van der Waals surface area contributed by atoms with Gasteiger partial charge in [0.1, 0.15) is 17.3 Å². The van der Waals surface area contributed by atoms with Crippen molar-refractivity contribution < 1.29 is 9.21 Å². The van der Waals surface area contributed by atoms with Crippen LogP contribution in [-0.2, 0) is 30.8 Å². The molecule has 1 amide bonds. The molecular weight excluding hydrogens is 378 g/mol. The van der Waals surface area contributed by atoms with Crippen LogP contribution in [0.15, 0.2) is 40.8 Å². The van der Waals surface area contributed by atoms with Gasteiger partial charge >= 0.3 is 0 Å². The van der Waals surface area contributed by atoms with Crippen molar-refractivity contribution in [1.29, 1.82) is 0 Å². The first kappa shape index (κ1) is 18.7. The maximum atomic E-state index is 11.2. The largest absolute Gasteiger partial charge is 0.460 e. The number of aromatic nitrogens is 3. The standard InChI is InChI=1S/C20H22ClN5O2/c1-14(27)22-12-20-24-23-19-8-9-25(10-11-26(19)20)13-15-6-7-18(28-15)16-4-2-3-5-17(16)21/h2-7H,8-13H2,1H3,(H,22,27). The molecule has 7 nitrogen and oxygen atoms in total. The lowest BCUT2D eigenvalue weighted by Gasteiger charge is -2.18. The third-order valence-corrected chi connectivity index (χ3v) is 5.20. The van der Waals surface area contributed by atoms with Crippen LogP contribution >= 0.6 is 11.6 Å². The van der Waals surface area contributed by atoms with Gasteiger partial charge in [-0.2, -0.15) is 0 Å². The summed E-state index contributed by atoms with van der Waals surface area (Å²) in [5, 5.41) is 12.0. The number of rotatable bonds is 5. The van der Waals surface area contributed by atoms with Crippen LogP contribution < -0.4 is 5.32 Å². The molecule has 0 spiro atoms. The molecule has 0 atom stereocenters. The number of amides is 1. The van der Waals surface area contributed by atoms with Gasteiger partial charge < -0.3 is 14.3 Å². The van der Waals surface area contributed by atoms with Gasteiger partial charge in [-0.3, -0.25) is 9.69 Å². The lowest BCUT2D eigenvalue weighted by atomic mass is 10.2. The van der Waals surface area contributed by atoms with E-state index < -0.39 is 0 Å². The average Bonchev–Trinajstić information content (AvgIpc) is 3.24. The minimum absolute atomic E-state index is 0.0697. The molecule has 3 heterocycles. The maximum Gasteiger partial charge on any atom is 0.217 e. The van der Waals surface area contributed by atoms with Crippen LogP contribution in [0.1, 0.15) is 24.3 Å². The third kappa shape index (κ3) is 4.10. The number of hydrogen-bond acceptors (Lipinski definition) is 5. The molecule has 2 aromatic heterocycles. The number of carbonyl (C=O) groups is 1. The molecule has 1 N–H and O–H groups in total. The summed E-state index contributed by atoms with van der Waals surface area (Å²) < 4.78 is 8.14. The molecule has 3 aromatic rings. The fourth-order valence-corrected chi connectivity index (χ4v) is 3.64. The minimum atomic E-state index is -0.0697. The number of halogens is 1. The van der Waals surface area contributed by atoms with Crippen molar-refractivity contribution >= 4 is 17.5 Å². The number of fused-ring (bicyclic) bond motifs is 1. The van der Waals surface area contributed by atoms with Crippen LogP contribution in [0.3, 0.4) is 0 Å². The predicted molar refractivity (Wildman–Crippen MR) is 106 cm³/mol. The lowest BCUT2D eigenvalue weighted by Crippen LogP contribution is -2.27. The summed E-state index contributed by atoms with van der Waals surface area (Å²) in [6, 6.07) is 11.7. The molecule has 4 rings (SSSR count). The number of hydrogen-bond donors (Lipinski definition) is 1. The summed E-state index contributed by atoms with van der Waals surface area (Å²) in [6.07, 6.45) is 0.811. The van der Waals surface area contributed by atoms with Gasteiger partial charge in [-0.1, -0.05) is 23.7 Å². The zero-order chi connectivity index (χ0) is 19.5. The SMILES string of the molecule is CC(=O)NCc1nnc2n1CCN(Cc1ccc(-c3ccccc3Cl)o1)CC2. The van der Waals surface area contributed by atoms with Crippen molar-refractivity contribution in [3.05, 3.63) is 58.8 Å². The molecule has 28 heavy (non-hydrogen) atoms. The first-order valence-electron chi connectivity index (χ1n) is 9.31. The Balaban J connectivity index is 1.41. The summed E-state index contributed by atoms with van der Waals surface area (Å²) in [7, 11) is 0. The number of furan rings is 1. The summed E-state index contributed by atoms with van der Waals surface area (Å²) in [6.45, 7) is 5.16. The molecule has 1 aliphatic rings. The molecule has 0 radical (unpaired) electrons. The van der Waals surface area contributed by atoms with Gasteiger partial charge in [0.25, 0.3) is 0 Å². The second kappa shape index (κ2) is 8.16. The van der Waals surface area contributed by atoms with Gasteiger partial charge in [0.15, 0.2) is 5.82 Å². The number of nitrogens with zero attached hydrogens (tertiary/aromatic N) is 4. The topological polar surface area (TPSA) is 76.2 Å². The second-order valence-corrected chi connectivity index (χ2v) is 7.27. The molecule has 0 saturated carbocycles. The van der Waals surface area contributed by atoms with Crippen molar-refractivity contribution in [2.75, 3.05) is 13.1 Å². The molecule has 0 aliphatic carbocycles. The molecular formula is C20H22ClN5O2. The Morgan fingerprint density at radius 3 is 2.86 bits per heavy atom. The molecule has 0 fully saturated rings. The molecule has 1 aromatic carbocycles. The highest BCUT2D eigenvalue weighted by Crippen LogP contribution is 2.29. The van der Waals surface area contributed by atoms with Crippen molar-refractivity contribution in [2.24, 2.45) is 0 Å². The van der Waals surface area contributed by atoms with Crippen LogP contribution in [0.4, 0.5) is 0 Å². The average molecular weight is 400 g/mol. The van der Waals surface area contributed by atoms with E-state index in [0.717, 1.165) is 61.3 Å². The lowest BCUT2D eigenvalue weighted by molar-refractivity contribution is -0.119. The van der Waals surface area contributed by atoms with Gasteiger partial charge in [-0.05, 0) is 24.3 Å². The Morgan fingerprint density at radius 1 is 1.18 bits per heavy atom. The number of benzene rings is 1. The Labute approximate surface area is 168 Å². The summed E-state index contributed by atoms with van der Waals surface area (Å²) in [5.74, 6) is 3.38.